The Kier molecular flexibility index (Phi) is 4.76. The Labute approximate surface area is 191 Å². The van der Waals surface area contributed by atoms with Crippen molar-refractivity contribution < 1.29 is 9.47 Å². The van der Waals surface area contributed by atoms with Crippen LogP contribution >= 0.6 is 11.6 Å². The first-order chi connectivity index (χ1) is 14.7. The maximum absolute atomic E-state index is 6.29. The molecule has 2 aromatic carbocycles. The number of benzene rings is 2. The summed E-state index contributed by atoms with van der Waals surface area (Å²) in [6.07, 6.45) is 4.39. The van der Waals surface area contributed by atoms with Crippen molar-refractivity contribution in [2.24, 2.45) is 22.1 Å². The number of hydrogen-bond acceptors (Lipinski definition) is 4. The fourth-order valence-electron chi connectivity index (χ4n) is 6.89. The number of ether oxygens (including phenoxy) is 2. The molecule has 0 unspecified atom stereocenters. The van der Waals surface area contributed by atoms with E-state index in [1.165, 1.54) is 11.1 Å². The van der Waals surface area contributed by atoms with E-state index in [0.29, 0.717) is 18.0 Å². The summed E-state index contributed by atoms with van der Waals surface area (Å²) in [5, 5.41) is 0.206. The summed E-state index contributed by atoms with van der Waals surface area (Å²) in [5.74, 6) is 0.449. The number of rotatable bonds is 2. The van der Waals surface area contributed by atoms with Gasteiger partial charge in [0.1, 0.15) is 5.54 Å². The van der Waals surface area contributed by atoms with Gasteiger partial charge in [0.15, 0.2) is 15.7 Å². The van der Waals surface area contributed by atoms with E-state index >= 15 is 0 Å². The third kappa shape index (κ3) is 2.91. The van der Waals surface area contributed by atoms with Crippen LogP contribution in [0.3, 0.4) is 0 Å². The van der Waals surface area contributed by atoms with Gasteiger partial charge in [-0.3, -0.25) is 0 Å². The molecule has 160 valence electrons. The number of nitrogens with zero attached hydrogens (tertiary/aromatic N) is 1. The van der Waals surface area contributed by atoms with Crippen LogP contribution in [0, 0.1) is 11.3 Å². The molecule has 0 bridgehead atoms. The number of methoxy groups -OCH3 is 1. The zero-order valence-electron chi connectivity index (χ0n) is 18.7. The van der Waals surface area contributed by atoms with Gasteiger partial charge in [-0.1, -0.05) is 42.8 Å². The van der Waals surface area contributed by atoms with E-state index in [1.807, 2.05) is 25.3 Å². The van der Waals surface area contributed by atoms with Gasteiger partial charge in [0, 0.05) is 17.5 Å². The summed E-state index contributed by atoms with van der Waals surface area (Å²) >= 11 is 6.29. The second-order valence-corrected chi connectivity index (χ2v) is 10.5. The van der Waals surface area contributed by atoms with Crippen LogP contribution in [0.4, 0.5) is 0 Å². The van der Waals surface area contributed by atoms with E-state index in [4.69, 9.17) is 31.8 Å². The molecule has 2 spiro atoms. The minimum atomic E-state index is -0.533. The normalized spacial score (nSPS) is 33.3. The minimum Gasteiger partial charge on any atom is -0.475 e. The molecule has 5 rings (SSSR count). The highest BCUT2D eigenvalue weighted by Gasteiger charge is 2.68. The molecule has 0 radical (unpaired) electrons. The van der Waals surface area contributed by atoms with E-state index in [0.717, 1.165) is 41.8 Å². The molecule has 7 heteroatoms. The summed E-state index contributed by atoms with van der Waals surface area (Å²) in [4.78, 5) is 5.13. The average Bonchev–Trinajstić information content (AvgIpc) is 3.12. The fraction of sp³-hybridized carbons (Fsp3) is 0.458. The Morgan fingerprint density at radius 3 is 2.61 bits per heavy atom. The first-order valence-corrected chi connectivity index (χ1v) is 11.6. The second-order valence-electron chi connectivity index (χ2n) is 10.1. The quantitative estimate of drug-likeness (QED) is 0.740. The third-order valence-electron chi connectivity index (χ3n) is 8.02. The molecule has 0 saturated heterocycles. The lowest BCUT2D eigenvalue weighted by Gasteiger charge is -2.53. The summed E-state index contributed by atoms with van der Waals surface area (Å²) in [6, 6.07) is 15.1. The minimum absolute atomic E-state index is 0.0403. The van der Waals surface area contributed by atoms with Gasteiger partial charge in [0.05, 0.1) is 11.5 Å². The smallest absolute Gasteiger partial charge is 0.282 e. The standard InChI is InChI=1S/C24H29B2ClN2O2/c1-14-12-22(9-8-20(14)30-2)13-17-7-6-16(15-4-3-5-18(27)10-15)11-19(17)23(22)24(25,26)31-21(28)29-23/h3-7,10-11,14,20H,8-9,12-13,25-26H2,1-2H3,(H2,28,29)/t14-,20-,22-,23+/m1/s1. The molecule has 0 amide bonds. The van der Waals surface area contributed by atoms with E-state index in [9.17, 15) is 0 Å². The van der Waals surface area contributed by atoms with Crippen LogP contribution in [-0.4, -0.2) is 40.3 Å². The fourth-order valence-corrected chi connectivity index (χ4v) is 7.08. The van der Waals surface area contributed by atoms with Crippen molar-refractivity contribution in [1.29, 1.82) is 0 Å². The Balaban J connectivity index is 1.70. The maximum Gasteiger partial charge on any atom is 0.282 e. The molecule has 3 aliphatic rings. The first-order valence-electron chi connectivity index (χ1n) is 11.2. The number of halogens is 1. The summed E-state index contributed by atoms with van der Waals surface area (Å²) in [6.45, 7) is 2.30. The molecule has 31 heavy (non-hydrogen) atoms. The molecular weight excluding hydrogens is 405 g/mol. The predicted molar refractivity (Wildman–Crippen MR) is 131 cm³/mol. The van der Waals surface area contributed by atoms with Crippen molar-refractivity contribution in [1.82, 2.24) is 0 Å². The number of nitrogens with two attached hydrogens (primary N) is 1. The van der Waals surface area contributed by atoms with Crippen LogP contribution in [0.5, 0.6) is 0 Å². The lowest BCUT2D eigenvalue weighted by molar-refractivity contribution is -0.0559. The molecule has 0 aromatic heterocycles. The van der Waals surface area contributed by atoms with E-state index in [-0.39, 0.29) is 5.41 Å². The van der Waals surface area contributed by atoms with Crippen molar-refractivity contribution in [2.45, 2.75) is 49.6 Å². The Morgan fingerprint density at radius 2 is 1.97 bits per heavy atom. The van der Waals surface area contributed by atoms with Gasteiger partial charge in [-0.25, -0.2) is 4.99 Å². The highest BCUT2D eigenvalue weighted by atomic mass is 35.5. The van der Waals surface area contributed by atoms with Crippen molar-refractivity contribution in [2.75, 3.05) is 7.11 Å². The van der Waals surface area contributed by atoms with Crippen LogP contribution in [0.1, 0.15) is 37.3 Å². The van der Waals surface area contributed by atoms with Crippen molar-refractivity contribution >= 4 is 33.3 Å². The molecule has 4 atom stereocenters. The van der Waals surface area contributed by atoms with E-state index in [1.54, 1.807) is 0 Å². The Morgan fingerprint density at radius 1 is 1.19 bits per heavy atom. The van der Waals surface area contributed by atoms with Crippen molar-refractivity contribution in [3.63, 3.8) is 0 Å². The third-order valence-corrected chi connectivity index (χ3v) is 8.26. The molecule has 1 aliphatic heterocycles. The lowest BCUT2D eigenvalue weighted by Crippen LogP contribution is -2.60. The topological polar surface area (TPSA) is 56.8 Å². The molecule has 2 aromatic rings. The van der Waals surface area contributed by atoms with E-state index in [2.05, 4.69) is 46.9 Å². The summed E-state index contributed by atoms with van der Waals surface area (Å²) < 4.78 is 12.0. The average molecular weight is 435 g/mol. The number of amidine groups is 1. The van der Waals surface area contributed by atoms with Crippen LogP contribution < -0.4 is 5.73 Å². The maximum atomic E-state index is 6.29. The summed E-state index contributed by atoms with van der Waals surface area (Å²) in [5.41, 5.74) is 10.6. The molecule has 1 heterocycles. The van der Waals surface area contributed by atoms with Gasteiger partial charge in [0.2, 0.25) is 0 Å². The SMILES string of the molecule is BC1(B)OC(N)=N[C@]12c1cc(-c3cccc(Cl)c3)ccc1C[C@]21CC[C@@H](OC)[C@H](C)C1. The van der Waals surface area contributed by atoms with Gasteiger partial charge >= 0.3 is 0 Å². The highest BCUT2D eigenvalue weighted by Crippen LogP contribution is 2.65. The van der Waals surface area contributed by atoms with Gasteiger partial charge in [-0.05, 0) is 72.1 Å². The number of fused-ring (bicyclic) bond motifs is 3. The van der Waals surface area contributed by atoms with Crippen LogP contribution in [0.25, 0.3) is 11.1 Å². The Bertz CT molecular complexity index is 1080. The highest BCUT2D eigenvalue weighted by molar-refractivity contribution is 6.41. The largest absolute Gasteiger partial charge is 0.475 e. The summed E-state index contributed by atoms with van der Waals surface area (Å²) in [7, 11) is 6.12. The van der Waals surface area contributed by atoms with Gasteiger partial charge in [-0.15, -0.1) is 0 Å². The molecule has 2 aliphatic carbocycles. The number of aliphatic imine (C=N–C) groups is 1. The zero-order chi connectivity index (χ0) is 22.0. The van der Waals surface area contributed by atoms with Gasteiger partial charge in [0.25, 0.3) is 6.02 Å². The molecule has 2 N–H and O–H groups in total. The molecule has 4 nitrogen and oxygen atoms in total. The second kappa shape index (κ2) is 7.05. The van der Waals surface area contributed by atoms with Crippen LogP contribution in [0.2, 0.25) is 5.02 Å². The first kappa shape index (κ1) is 21.0. The zero-order valence-corrected chi connectivity index (χ0v) is 19.5. The molecule has 1 fully saturated rings. The van der Waals surface area contributed by atoms with E-state index < -0.39 is 10.9 Å². The predicted octanol–water partition coefficient (Wildman–Crippen LogP) is 2.84. The lowest BCUT2D eigenvalue weighted by atomic mass is 9.44. The molecular formula is C24H29B2ClN2O2. The van der Waals surface area contributed by atoms with Gasteiger partial charge in [-0.2, -0.15) is 0 Å². The monoisotopic (exact) mass is 434 g/mol. The van der Waals surface area contributed by atoms with Crippen molar-refractivity contribution in [3.05, 3.63) is 58.6 Å². The molecule has 1 saturated carbocycles. The number of hydrogen-bond donors (Lipinski definition) is 1. The van der Waals surface area contributed by atoms with Gasteiger partial charge < -0.3 is 15.2 Å². The van der Waals surface area contributed by atoms with Crippen molar-refractivity contribution in [3.8, 4) is 11.1 Å². The van der Waals surface area contributed by atoms with Crippen LogP contribution in [0.15, 0.2) is 47.5 Å². The Hall–Kier alpha value is -1.91. The van der Waals surface area contributed by atoms with Crippen LogP contribution in [-0.2, 0) is 21.4 Å².